The lowest BCUT2D eigenvalue weighted by Crippen LogP contribution is -2.15. The van der Waals surface area contributed by atoms with Crippen molar-refractivity contribution < 1.29 is 47.5 Å². The van der Waals surface area contributed by atoms with Crippen LogP contribution in [0.1, 0.15) is 142 Å². The van der Waals surface area contributed by atoms with Gasteiger partial charge >= 0.3 is 11.9 Å². The van der Waals surface area contributed by atoms with E-state index in [9.17, 15) is 9.59 Å². The van der Waals surface area contributed by atoms with E-state index in [0.29, 0.717) is 92.1 Å². The van der Waals surface area contributed by atoms with Crippen LogP contribution in [0.25, 0.3) is 0 Å². The third-order valence-corrected chi connectivity index (χ3v) is 7.81. The molecule has 0 aliphatic heterocycles. The fourth-order valence-corrected chi connectivity index (χ4v) is 4.93. The first-order valence-electron chi connectivity index (χ1n) is 19.5. The van der Waals surface area contributed by atoms with E-state index >= 15 is 0 Å². The molecule has 0 saturated heterocycles. The lowest BCUT2D eigenvalue weighted by atomic mass is 10.0. The van der Waals surface area contributed by atoms with Gasteiger partial charge in [-0.2, -0.15) is 0 Å². The molecule has 0 atom stereocenters. The fraction of sp³-hybridized carbons (Fsp3) is 0.947. The molecule has 48 heavy (non-hydrogen) atoms. The molecule has 10 heteroatoms. The molecular formula is C38H74O10. The number of hydrogen-bond acceptors (Lipinski definition) is 10. The van der Waals surface area contributed by atoms with Crippen LogP contribution in [0.5, 0.6) is 0 Å². The van der Waals surface area contributed by atoms with Gasteiger partial charge in [0, 0.05) is 12.8 Å². The Kier molecular flexibility index (Phi) is 40.7. The van der Waals surface area contributed by atoms with Gasteiger partial charge in [-0.05, 0) is 12.8 Å². The Hall–Kier alpha value is -1.30. The second kappa shape index (κ2) is 41.9. The summed E-state index contributed by atoms with van der Waals surface area (Å²) in [6.45, 7) is 10.5. The van der Waals surface area contributed by atoms with Gasteiger partial charge in [-0.25, -0.2) is 0 Å². The van der Waals surface area contributed by atoms with Gasteiger partial charge in [0.05, 0.1) is 79.3 Å². The highest BCUT2D eigenvalue weighted by Gasteiger charge is 2.04. The first kappa shape index (κ1) is 46.7. The van der Waals surface area contributed by atoms with Gasteiger partial charge in [-0.3, -0.25) is 9.59 Å². The molecule has 0 spiro atoms. The van der Waals surface area contributed by atoms with E-state index in [0.717, 1.165) is 32.1 Å². The Morgan fingerprint density at radius 1 is 0.292 bits per heavy atom. The van der Waals surface area contributed by atoms with Gasteiger partial charge in [0.1, 0.15) is 13.2 Å². The van der Waals surface area contributed by atoms with Gasteiger partial charge in [-0.15, -0.1) is 0 Å². The first-order valence-corrected chi connectivity index (χ1v) is 19.5. The summed E-state index contributed by atoms with van der Waals surface area (Å²) in [6.07, 6.45) is 23.7. The van der Waals surface area contributed by atoms with E-state index in [1.165, 1.54) is 83.5 Å². The van der Waals surface area contributed by atoms with E-state index in [1.807, 2.05) is 0 Å². The minimum absolute atomic E-state index is 0.131. The lowest BCUT2D eigenvalue weighted by Gasteiger charge is -2.09. The van der Waals surface area contributed by atoms with Gasteiger partial charge in [0.15, 0.2) is 0 Å². The highest BCUT2D eigenvalue weighted by molar-refractivity contribution is 5.69. The molecule has 0 aromatic heterocycles. The Balaban J connectivity index is 3.16. The van der Waals surface area contributed by atoms with Gasteiger partial charge in [0.2, 0.25) is 0 Å². The van der Waals surface area contributed by atoms with Crippen LogP contribution in [-0.4, -0.2) is 104 Å². The van der Waals surface area contributed by atoms with Crippen LogP contribution in [0.4, 0.5) is 0 Å². The SMILES string of the molecule is CCCCCCCCCCCCCCCCCC(=O)OCCOCCOCCOCCOCCOCCOCCOC(=O)CCCCC. The molecule has 0 rings (SSSR count). The summed E-state index contributed by atoms with van der Waals surface area (Å²) in [6, 6.07) is 0. The normalized spacial score (nSPS) is 11.3. The van der Waals surface area contributed by atoms with Crippen molar-refractivity contribution in [1.82, 2.24) is 0 Å². The predicted octanol–water partition coefficient (Wildman–Crippen LogP) is 8.01. The van der Waals surface area contributed by atoms with Crippen molar-refractivity contribution in [2.75, 3.05) is 92.5 Å². The zero-order valence-corrected chi connectivity index (χ0v) is 31.1. The van der Waals surface area contributed by atoms with Crippen LogP contribution in [0, 0.1) is 0 Å². The third kappa shape index (κ3) is 40.9. The highest BCUT2D eigenvalue weighted by atomic mass is 16.6. The first-order chi connectivity index (χ1) is 23.7. The van der Waals surface area contributed by atoms with Crippen molar-refractivity contribution in [3.8, 4) is 0 Å². The standard InChI is InChI=1S/C38H74O10/c1-3-5-7-8-9-10-11-12-13-14-15-16-17-18-20-22-38(40)48-36-34-46-32-30-44-28-26-42-24-23-41-25-27-43-29-31-45-33-35-47-37(39)21-19-6-4-2/h3-36H2,1-2H3. The largest absolute Gasteiger partial charge is 0.463 e. The molecule has 0 aromatic carbocycles. The number of unbranched alkanes of at least 4 members (excludes halogenated alkanes) is 16. The molecule has 0 aliphatic rings. The van der Waals surface area contributed by atoms with Crippen LogP contribution in [0.3, 0.4) is 0 Å². The zero-order chi connectivity index (χ0) is 34.9. The molecular weight excluding hydrogens is 616 g/mol. The van der Waals surface area contributed by atoms with E-state index in [4.69, 9.17) is 37.9 Å². The number of carbonyl (C=O) groups is 2. The van der Waals surface area contributed by atoms with Gasteiger partial charge in [0.25, 0.3) is 0 Å². The quantitative estimate of drug-likeness (QED) is 0.0462. The lowest BCUT2D eigenvalue weighted by molar-refractivity contribution is -0.146. The van der Waals surface area contributed by atoms with E-state index in [2.05, 4.69) is 13.8 Å². The van der Waals surface area contributed by atoms with Crippen molar-refractivity contribution in [1.29, 1.82) is 0 Å². The molecule has 0 saturated carbocycles. The maximum atomic E-state index is 11.9. The van der Waals surface area contributed by atoms with Crippen LogP contribution in [0.2, 0.25) is 0 Å². The maximum Gasteiger partial charge on any atom is 0.305 e. The van der Waals surface area contributed by atoms with Crippen molar-refractivity contribution in [3.05, 3.63) is 0 Å². The van der Waals surface area contributed by atoms with Gasteiger partial charge < -0.3 is 37.9 Å². The average molecular weight is 691 g/mol. The molecule has 10 nitrogen and oxygen atoms in total. The number of ether oxygens (including phenoxy) is 8. The number of esters is 2. The number of carbonyl (C=O) groups excluding carboxylic acids is 2. The summed E-state index contributed by atoms with van der Waals surface area (Å²) >= 11 is 0. The topological polar surface area (TPSA) is 108 Å². The average Bonchev–Trinajstić information content (AvgIpc) is 3.08. The van der Waals surface area contributed by atoms with Crippen molar-refractivity contribution >= 4 is 11.9 Å². The van der Waals surface area contributed by atoms with Crippen LogP contribution < -0.4 is 0 Å². The molecule has 0 fully saturated rings. The Morgan fingerprint density at radius 3 is 0.792 bits per heavy atom. The fourth-order valence-electron chi connectivity index (χ4n) is 4.93. The Bertz CT molecular complexity index is 649. The molecule has 0 aromatic rings. The molecule has 0 radical (unpaired) electrons. The molecule has 0 bridgehead atoms. The number of rotatable bonds is 41. The maximum absolute atomic E-state index is 11.9. The Labute approximate surface area is 293 Å². The summed E-state index contributed by atoms with van der Waals surface area (Å²) in [4.78, 5) is 23.3. The van der Waals surface area contributed by atoms with Gasteiger partial charge in [-0.1, -0.05) is 117 Å². The summed E-state index contributed by atoms with van der Waals surface area (Å²) < 4.78 is 43.1. The molecule has 0 unspecified atom stereocenters. The van der Waals surface area contributed by atoms with E-state index in [-0.39, 0.29) is 25.2 Å². The minimum atomic E-state index is -0.158. The summed E-state index contributed by atoms with van der Waals surface area (Å²) in [5.74, 6) is -0.289. The summed E-state index contributed by atoms with van der Waals surface area (Å²) in [5.41, 5.74) is 0. The molecule has 0 amide bonds. The van der Waals surface area contributed by atoms with Crippen LogP contribution >= 0.6 is 0 Å². The summed E-state index contributed by atoms with van der Waals surface area (Å²) in [7, 11) is 0. The second-order valence-electron chi connectivity index (χ2n) is 12.3. The molecule has 0 N–H and O–H groups in total. The molecule has 286 valence electrons. The van der Waals surface area contributed by atoms with Crippen LogP contribution in [0.15, 0.2) is 0 Å². The molecule has 0 heterocycles. The highest BCUT2D eigenvalue weighted by Crippen LogP contribution is 2.14. The van der Waals surface area contributed by atoms with Crippen molar-refractivity contribution in [3.63, 3.8) is 0 Å². The van der Waals surface area contributed by atoms with E-state index < -0.39 is 0 Å². The zero-order valence-electron chi connectivity index (χ0n) is 31.1. The third-order valence-electron chi connectivity index (χ3n) is 7.81. The second-order valence-corrected chi connectivity index (χ2v) is 12.3. The minimum Gasteiger partial charge on any atom is -0.463 e. The predicted molar refractivity (Wildman–Crippen MR) is 191 cm³/mol. The van der Waals surface area contributed by atoms with Crippen molar-refractivity contribution in [2.24, 2.45) is 0 Å². The number of hydrogen-bond donors (Lipinski definition) is 0. The van der Waals surface area contributed by atoms with Crippen LogP contribution in [-0.2, 0) is 47.5 Å². The van der Waals surface area contributed by atoms with E-state index in [1.54, 1.807) is 0 Å². The summed E-state index contributed by atoms with van der Waals surface area (Å²) in [5, 5.41) is 0. The van der Waals surface area contributed by atoms with Crippen molar-refractivity contribution in [2.45, 2.75) is 142 Å². The molecule has 0 aliphatic carbocycles. The smallest absolute Gasteiger partial charge is 0.305 e. The Morgan fingerprint density at radius 2 is 0.500 bits per heavy atom. The monoisotopic (exact) mass is 691 g/mol.